The van der Waals surface area contributed by atoms with Crippen molar-refractivity contribution in [2.45, 2.75) is 38.3 Å². The molecule has 1 saturated heterocycles. The monoisotopic (exact) mass is 236 g/mol. The molecule has 1 unspecified atom stereocenters. The van der Waals surface area contributed by atoms with Gasteiger partial charge < -0.3 is 14.8 Å². The summed E-state index contributed by atoms with van der Waals surface area (Å²) in [5.74, 6) is 1.68. The predicted molar refractivity (Wildman–Crippen MR) is 67.5 cm³/mol. The standard InChI is InChI=1S/C13H20N2O2/c1-13(2)8-10(6-7-17-13)15-12-5-4-11(16-3)9-14-12/h4-5,9-10H,6-8H2,1-3H3,(H,14,15). The van der Waals surface area contributed by atoms with Gasteiger partial charge in [0.25, 0.3) is 0 Å². The lowest BCUT2D eigenvalue weighted by molar-refractivity contribution is -0.0553. The van der Waals surface area contributed by atoms with Gasteiger partial charge in [-0.25, -0.2) is 4.98 Å². The van der Waals surface area contributed by atoms with Crippen LogP contribution in [0.3, 0.4) is 0 Å². The molecule has 1 atom stereocenters. The Balaban J connectivity index is 1.95. The fourth-order valence-electron chi connectivity index (χ4n) is 2.15. The number of nitrogens with one attached hydrogen (secondary N) is 1. The first-order valence-corrected chi connectivity index (χ1v) is 6.00. The van der Waals surface area contributed by atoms with Crippen molar-refractivity contribution in [3.05, 3.63) is 18.3 Å². The Morgan fingerprint density at radius 2 is 2.29 bits per heavy atom. The van der Waals surface area contributed by atoms with E-state index < -0.39 is 0 Å². The van der Waals surface area contributed by atoms with E-state index in [0.717, 1.165) is 31.0 Å². The van der Waals surface area contributed by atoms with Crippen molar-refractivity contribution in [2.75, 3.05) is 19.0 Å². The van der Waals surface area contributed by atoms with E-state index in [1.165, 1.54) is 0 Å². The summed E-state index contributed by atoms with van der Waals surface area (Å²) < 4.78 is 10.8. The van der Waals surface area contributed by atoms with Crippen molar-refractivity contribution in [1.29, 1.82) is 0 Å². The van der Waals surface area contributed by atoms with Crippen molar-refractivity contribution in [3.8, 4) is 5.75 Å². The van der Waals surface area contributed by atoms with E-state index in [1.54, 1.807) is 13.3 Å². The molecule has 1 aromatic rings. The number of hydrogen-bond donors (Lipinski definition) is 1. The van der Waals surface area contributed by atoms with Gasteiger partial charge in [-0.3, -0.25) is 0 Å². The predicted octanol–water partition coefficient (Wildman–Crippen LogP) is 2.46. The minimum absolute atomic E-state index is 0.0393. The molecule has 0 aromatic carbocycles. The van der Waals surface area contributed by atoms with E-state index in [2.05, 4.69) is 24.1 Å². The third-order valence-electron chi connectivity index (χ3n) is 3.02. The molecular formula is C13H20N2O2. The van der Waals surface area contributed by atoms with Gasteiger partial charge in [0.15, 0.2) is 0 Å². The highest BCUT2D eigenvalue weighted by Crippen LogP contribution is 2.26. The van der Waals surface area contributed by atoms with E-state index in [1.807, 2.05) is 12.1 Å². The van der Waals surface area contributed by atoms with Crippen LogP contribution in [0.2, 0.25) is 0 Å². The Kier molecular flexibility index (Phi) is 3.52. The first-order chi connectivity index (χ1) is 8.09. The van der Waals surface area contributed by atoms with Gasteiger partial charge in [0.1, 0.15) is 11.6 Å². The van der Waals surface area contributed by atoms with Crippen LogP contribution < -0.4 is 10.1 Å². The van der Waals surface area contributed by atoms with Gasteiger partial charge in [0.2, 0.25) is 0 Å². The average molecular weight is 236 g/mol. The summed E-state index contributed by atoms with van der Waals surface area (Å²) in [4.78, 5) is 4.31. The Morgan fingerprint density at radius 3 is 2.88 bits per heavy atom. The van der Waals surface area contributed by atoms with Crippen LogP contribution in [0.15, 0.2) is 18.3 Å². The van der Waals surface area contributed by atoms with Crippen molar-refractivity contribution in [2.24, 2.45) is 0 Å². The molecule has 1 aliphatic rings. The summed E-state index contributed by atoms with van der Waals surface area (Å²) in [6.07, 6.45) is 3.75. The molecule has 4 heteroatoms. The highest BCUT2D eigenvalue weighted by atomic mass is 16.5. The minimum atomic E-state index is -0.0393. The lowest BCUT2D eigenvalue weighted by Crippen LogP contribution is -2.40. The zero-order chi connectivity index (χ0) is 12.3. The van der Waals surface area contributed by atoms with Crippen LogP contribution in [0.1, 0.15) is 26.7 Å². The first-order valence-electron chi connectivity index (χ1n) is 6.00. The van der Waals surface area contributed by atoms with Crippen molar-refractivity contribution < 1.29 is 9.47 Å². The van der Waals surface area contributed by atoms with Crippen LogP contribution >= 0.6 is 0 Å². The fourth-order valence-corrected chi connectivity index (χ4v) is 2.15. The van der Waals surface area contributed by atoms with E-state index in [4.69, 9.17) is 9.47 Å². The smallest absolute Gasteiger partial charge is 0.137 e. The van der Waals surface area contributed by atoms with Gasteiger partial charge in [-0.2, -0.15) is 0 Å². The molecule has 4 nitrogen and oxygen atoms in total. The Morgan fingerprint density at radius 1 is 1.47 bits per heavy atom. The maximum atomic E-state index is 5.69. The van der Waals surface area contributed by atoms with Crippen molar-refractivity contribution >= 4 is 5.82 Å². The Labute approximate surface area is 102 Å². The maximum absolute atomic E-state index is 5.69. The highest BCUT2D eigenvalue weighted by Gasteiger charge is 2.28. The number of rotatable bonds is 3. The number of ether oxygens (including phenoxy) is 2. The van der Waals surface area contributed by atoms with Crippen LogP contribution in [0.4, 0.5) is 5.82 Å². The van der Waals surface area contributed by atoms with E-state index in [-0.39, 0.29) is 5.60 Å². The summed E-state index contributed by atoms with van der Waals surface area (Å²) in [5, 5.41) is 3.44. The molecule has 0 saturated carbocycles. The quantitative estimate of drug-likeness (QED) is 0.875. The Bertz CT molecular complexity index is 362. The molecule has 94 valence electrons. The molecule has 0 bridgehead atoms. The van der Waals surface area contributed by atoms with Crippen LogP contribution in [-0.4, -0.2) is 30.3 Å². The minimum Gasteiger partial charge on any atom is -0.495 e. The fraction of sp³-hybridized carbons (Fsp3) is 0.615. The summed E-state index contributed by atoms with van der Waals surface area (Å²) in [5.41, 5.74) is -0.0393. The van der Waals surface area contributed by atoms with E-state index in [0.29, 0.717) is 6.04 Å². The second kappa shape index (κ2) is 4.92. The lowest BCUT2D eigenvalue weighted by Gasteiger charge is -2.36. The third-order valence-corrected chi connectivity index (χ3v) is 3.02. The molecule has 1 aromatic heterocycles. The number of anilines is 1. The lowest BCUT2D eigenvalue weighted by atomic mass is 9.94. The number of hydrogen-bond acceptors (Lipinski definition) is 4. The third kappa shape index (κ3) is 3.33. The molecular weight excluding hydrogens is 216 g/mol. The van der Waals surface area contributed by atoms with Crippen molar-refractivity contribution in [3.63, 3.8) is 0 Å². The highest BCUT2D eigenvalue weighted by molar-refractivity contribution is 5.38. The molecule has 1 aliphatic heterocycles. The van der Waals surface area contributed by atoms with Crippen molar-refractivity contribution in [1.82, 2.24) is 4.98 Å². The second-order valence-electron chi connectivity index (χ2n) is 5.03. The second-order valence-corrected chi connectivity index (χ2v) is 5.03. The molecule has 0 spiro atoms. The van der Waals surface area contributed by atoms with Crippen LogP contribution in [0.25, 0.3) is 0 Å². The van der Waals surface area contributed by atoms with Gasteiger partial charge in [-0.05, 0) is 38.8 Å². The maximum Gasteiger partial charge on any atom is 0.137 e. The summed E-state index contributed by atoms with van der Waals surface area (Å²) in [6, 6.07) is 4.29. The van der Waals surface area contributed by atoms with E-state index in [9.17, 15) is 0 Å². The molecule has 1 fully saturated rings. The van der Waals surface area contributed by atoms with Crippen LogP contribution in [0.5, 0.6) is 5.75 Å². The average Bonchev–Trinajstić information content (AvgIpc) is 2.29. The zero-order valence-electron chi connectivity index (χ0n) is 10.7. The summed E-state index contributed by atoms with van der Waals surface area (Å²) in [7, 11) is 1.64. The molecule has 17 heavy (non-hydrogen) atoms. The SMILES string of the molecule is COc1ccc(NC2CCOC(C)(C)C2)nc1. The molecule has 0 radical (unpaired) electrons. The van der Waals surface area contributed by atoms with Gasteiger partial charge in [0.05, 0.1) is 18.9 Å². The van der Waals surface area contributed by atoms with Gasteiger partial charge in [-0.1, -0.05) is 0 Å². The molecule has 1 N–H and O–H groups in total. The van der Waals surface area contributed by atoms with E-state index >= 15 is 0 Å². The molecule has 2 heterocycles. The Hall–Kier alpha value is -1.29. The van der Waals surface area contributed by atoms with Crippen LogP contribution in [-0.2, 0) is 4.74 Å². The zero-order valence-corrected chi connectivity index (χ0v) is 10.7. The number of pyridine rings is 1. The summed E-state index contributed by atoms with van der Waals surface area (Å²) >= 11 is 0. The normalized spacial score (nSPS) is 23.1. The number of aromatic nitrogens is 1. The largest absolute Gasteiger partial charge is 0.495 e. The molecule has 2 rings (SSSR count). The van der Waals surface area contributed by atoms with Gasteiger partial charge in [0, 0.05) is 12.6 Å². The number of methoxy groups -OCH3 is 1. The van der Waals surface area contributed by atoms with Gasteiger partial charge in [-0.15, -0.1) is 0 Å². The summed E-state index contributed by atoms with van der Waals surface area (Å²) in [6.45, 7) is 5.06. The molecule has 0 amide bonds. The molecule has 0 aliphatic carbocycles. The van der Waals surface area contributed by atoms with Gasteiger partial charge >= 0.3 is 0 Å². The first kappa shape index (κ1) is 12.2. The van der Waals surface area contributed by atoms with Crippen LogP contribution in [0, 0.1) is 0 Å². The topological polar surface area (TPSA) is 43.4 Å². The number of nitrogens with zero attached hydrogens (tertiary/aromatic N) is 1.